The number of H-pyrrole nitrogens is 1. The van der Waals surface area contributed by atoms with Gasteiger partial charge < -0.3 is 4.98 Å². The topological polar surface area (TPSA) is 44.5 Å². The van der Waals surface area contributed by atoms with Crippen molar-refractivity contribution < 1.29 is 4.39 Å². The molecule has 20 heavy (non-hydrogen) atoms. The number of fused-ring (bicyclic) bond motifs is 1. The third kappa shape index (κ3) is 2.05. The Morgan fingerprint density at radius 3 is 2.80 bits per heavy atom. The lowest BCUT2D eigenvalue weighted by Crippen LogP contribution is -1.97. The number of aromatic nitrogens is 2. The molecule has 98 valence electrons. The van der Waals surface area contributed by atoms with Crippen molar-refractivity contribution in [3.05, 3.63) is 57.0 Å². The predicted molar refractivity (Wildman–Crippen MR) is 80.8 cm³/mol. The number of hydrogen-bond acceptors (Lipinski definition) is 2. The first kappa shape index (κ1) is 13.0. The van der Waals surface area contributed by atoms with E-state index >= 15 is 0 Å². The van der Waals surface area contributed by atoms with Gasteiger partial charge in [0.25, 0.3) is 0 Å². The molecule has 0 amide bonds. The number of nitriles is 1. The second kappa shape index (κ2) is 4.85. The predicted octanol–water partition coefficient (Wildman–Crippen LogP) is 4.46. The fourth-order valence-electron chi connectivity index (χ4n) is 2.11. The van der Waals surface area contributed by atoms with Gasteiger partial charge in [-0.1, -0.05) is 15.9 Å². The van der Waals surface area contributed by atoms with Crippen LogP contribution in [0.1, 0.15) is 5.56 Å². The van der Waals surface area contributed by atoms with Crippen molar-refractivity contribution >= 4 is 39.2 Å². The molecule has 0 unspecified atom stereocenters. The van der Waals surface area contributed by atoms with Gasteiger partial charge in [-0.2, -0.15) is 5.26 Å². The molecule has 0 fully saturated rings. The van der Waals surface area contributed by atoms with E-state index in [-0.39, 0.29) is 5.82 Å². The zero-order valence-corrected chi connectivity index (χ0v) is 12.4. The summed E-state index contributed by atoms with van der Waals surface area (Å²) in [6.45, 7) is 0. The summed E-state index contributed by atoms with van der Waals surface area (Å²) in [7, 11) is 0. The number of aromatic amines is 1. The Bertz CT molecular complexity index is 920. The lowest BCUT2D eigenvalue weighted by Gasteiger charge is -2.07. The summed E-state index contributed by atoms with van der Waals surface area (Å²) >= 11 is 8.67. The molecule has 0 aliphatic rings. The van der Waals surface area contributed by atoms with E-state index in [2.05, 4.69) is 27.0 Å². The van der Waals surface area contributed by atoms with E-state index in [1.807, 2.05) is 6.07 Å². The smallest absolute Gasteiger partial charge is 0.182 e. The number of hydrogen-bond donors (Lipinski definition) is 1. The number of imidazole rings is 1. The van der Waals surface area contributed by atoms with Gasteiger partial charge in [-0.3, -0.25) is 4.57 Å². The standard InChI is InChI=1S/C14H7BrFN3S/c15-9-2-1-8(7-17)13(5-9)19-12-4-3-10(16)6-11(12)18-14(19)20/h1-6H,(H,18,20). The van der Waals surface area contributed by atoms with Crippen LogP contribution >= 0.6 is 28.1 Å². The van der Waals surface area contributed by atoms with E-state index in [1.165, 1.54) is 12.1 Å². The molecule has 0 radical (unpaired) electrons. The summed E-state index contributed by atoms with van der Waals surface area (Å²) in [6.07, 6.45) is 0. The Labute approximate surface area is 127 Å². The van der Waals surface area contributed by atoms with Crippen LogP contribution in [-0.2, 0) is 0 Å². The molecular formula is C14H7BrFN3S. The number of nitrogens with zero attached hydrogens (tertiary/aromatic N) is 2. The van der Waals surface area contributed by atoms with Crippen molar-refractivity contribution in [3.63, 3.8) is 0 Å². The molecule has 0 atom stereocenters. The van der Waals surface area contributed by atoms with Gasteiger partial charge in [0.15, 0.2) is 4.77 Å². The fourth-order valence-corrected chi connectivity index (χ4v) is 2.76. The zero-order chi connectivity index (χ0) is 14.3. The van der Waals surface area contributed by atoms with Gasteiger partial charge in [0.2, 0.25) is 0 Å². The Morgan fingerprint density at radius 1 is 1.25 bits per heavy atom. The molecule has 3 aromatic rings. The molecule has 0 aliphatic carbocycles. The van der Waals surface area contributed by atoms with E-state index in [0.717, 1.165) is 9.99 Å². The minimum absolute atomic E-state index is 0.337. The largest absolute Gasteiger partial charge is 0.330 e. The highest BCUT2D eigenvalue weighted by Gasteiger charge is 2.11. The highest BCUT2D eigenvalue weighted by molar-refractivity contribution is 9.10. The monoisotopic (exact) mass is 347 g/mol. The second-order valence-corrected chi connectivity index (χ2v) is 5.50. The third-order valence-corrected chi connectivity index (χ3v) is 3.74. The molecule has 1 N–H and O–H groups in total. The van der Waals surface area contributed by atoms with Gasteiger partial charge >= 0.3 is 0 Å². The second-order valence-electron chi connectivity index (χ2n) is 4.20. The summed E-state index contributed by atoms with van der Waals surface area (Å²) < 4.78 is 16.3. The molecule has 0 saturated heterocycles. The first-order valence-corrected chi connectivity index (χ1v) is 6.90. The molecule has 3 rings (SSSR count). The van der Waals surface area contributed by atoms with Crippen molar-refractivity contribution in [2.45, 2.75) is 0 Å². The molecule has 1 heterocycles. The van der Waals surface area contributed by atoms with Crippen molar-refractivity contribution in [2.75, 3.05) is 0 Å². The zero-order valence-electron chi connectivity index (χ0n) is 10.0. The lowest BCUT2D eigenvalue weighted by molar-refractivity contribution is 0.629. The van der Waals surface area contributed by atoms with Gasteiger partial charge in [-0.15, -0.1) is 0 Å². The molecule has 0 saturated carbocycles. The molecule has 6 heteroatoms. The van der Waals surface area contributed by atoms with Crippen molar-refractivity contribution in [2.24, 2.45) is 0 Å². The van der Waals surface area contributed by atoms with Crippen LogP contribution in [0.15, 0.2) is 40.9 Å². The summed E-state index contributed by atoms with van der Waals surface area (Å²) in [5, 5.41) is 9.23. The molecule has 3 nitrogen and oxygen atoms in total. The SMILES string of the molecule is N#Cc1ccc(Br)cc1-n1c(=S)[nH]c2cc(F)ccc21. The van der Waals surface area contributed by atoms with Gasteiger partial charge in [0, 0.05) is 4.47 Å². The van der Waals surface area contributed by atoms with Crippen LogP contribution in [0.25, 0.3) is 16.7 Å². The minimum atomic E-state index is -0.337. The summed E-state index contributed by atoms with van der Waals surface area (Å²) in [5.74, 6) is -0.337. The molecular weight excluding hydrogens is 341 g/mol. The van der Waals surface area contributed by atoms with Crippen molar-refractivity contribution in [3.8, 4) is 11.8 Å². The Kier molecular flexibility index (Phi) is 3.16. The van der Waals surface area contributed by atoms with Crippen LogP contribution in [0.3, 0.4) is 0 Å². The first-order chi connectivity index (χ1) is 9.60. The molecule has 1 aromatic heterocycles. The Balaban J connectivity index is 2.41. The maximum atomic E-state index is 13.3. The molecule has 0 aliphatic heterocycles. The third-order valence-electron chi connectivity index (χ3n) is 2.97. The average molecular weight is 348 g/mol. The van der Waals surface area contributed by atoms with Gasteiger partial charge in [0.05, 0.1) is 22.3 Å². The molecule has 0 bridgehead atoms. The number of benzene rings is 2. The van der Waals surface area contributed by atoms with Crippen molar-refractivity contribution in [1.29, 1.82) is 5.26 Å². The number of halogens is 2. The van der Waals surface area contributed by atoms with Crippen LogP contribution in [0.2, 0.25) is 0 Å². The highest BCUT2D eigenvalue weighted by atomic mass is 79.9. The fraction of sp³-hybridized carbons (Fsp3) is 0. The van der Waals surface area contributed by atoms with Gasteiger partial charge in [-0.05, 0) is 48.6 Å². The van der Waals surface area contributed by atoms with E-state index in [0.29, 0.717) is 21.5 Å². The summed E-state index contributed by atoms with van der Waals surface area (Å²) in [4.78, 5) is 2.95. The summed E-state index contributed by atoms with van der Waals surface area (Å²) in [5.41, 5.74) is 2.48. The molecule has 2 aromatic carbocycles. The van der Waals surface area contributed by atoms with Crippen LogP contribution in [0.5, 0.6) is 0 Å². The van der Waals surface area contributed by atoms with Crippen LogP contribution in [-0.4, -0.2) is 9.55 Å². The minimum Gasteiger partial charge on any atom is -0.330 e. The average Bonchev–Trinajstić information content (AvgIpc) is 2.73. The quantitative estimate of drug-likeness (QED) is 0.660. The van der Waals surface area contributed by atoms with Crippen LogP contribution < -0.4 is 0 Å². The normalized spacial score (nSPS) is 10.7. The highest BCUT2D eigenvalue weighted by Crippen LogP contribution is 2.25. The maximum absolute atomic E-state index is 13.3. The maximum Gasteiger partial charge on any atom is 0.182 e. The van der Waals surface area contributed by atoms with E-state index in [1.54, 1.807) is 22.8 Å². The summed E-state index contributed by atoms with van der Waals surface area (Å²) in [6, 6.07) is 11.8. The van der Waals surface area contributed by atoms with Gasteiger partial charge in [-0.25, -0.2) is 4.39 Å². The van der Waals surface area contributed by atoms with E-state index < -0.39 is 0 Å². The Hall–Kier alpha value is -1.97. The van der Waals surface area contributed by atoms with E-state index in [9.17, 15) is 9.65 Å². The number of nitrogens with one attached hydrogen (secondary N) is 1. The van der Waals surface area contributed by atoms with Crippen molar-refractivity contribution in [1.82, 2.24) is 9.55 Å². The number of rotatable bonds is 1. The van der Waals surface area contributed by atoms with Crippen LogP contribution in [0.4, 0.5) is 4.39 Å². The first-order valence-electron chi connectivity index (χ1n) is 5.70. The Morgan fingerprint density at radius 2 is 2.05 bits per heavy atom. The molecule has 0 spiro atoms. The lowest BCUT2D eigenvalue weighted by atomic mass is 10.2. The van der Waals surface area contributed by atoms with E-state index in [4.69, 9.17) is 12.2 Å². The van der Waals surface area contributed by atoms with Crippen LogP contribution in [0, 0.1) is 21.9 Å². The van der Waals surface area contributed by atoms with Gasteiger partial charge in [0.1, 0.15) is 11.9 Å².